The highest BCUT2D eigenvalue weighted by molar-refractivity contribution is 5.81. The minimum absolute atomic E-state index is 0.0870. The Morgan fingerprint density at radius 2 is 1.02 bits per heavy atom. The van der Waals surface area contributed by atoms with Crippen LogP contribution in [0.3, 0.4) is 0 Å². The van der Waals surface area contributed by atoms with Crippen molar-refractivity contribution in [3.63, 3.8) is 0 Å². The molecule has 0 aromatic carbocycles. The standard InChI is InChI=1S/C11H22O5.C8H14O4.C5H12O3.C3H4O2.C2H7NO/c1-14-7-8-15-9-10-16-11(13)5-3-2-4-6-12;1-3-8(9)12-7-6-11-5-4-10-2;1-7-4-5-8-3-2-6;1-2-3(4)5;3-1-2-4/h12H,2-10H2,1H3;3H,1,4-7H2,2H3;6H,2-5H2,1H3;2H,1H2,(H,4,5);4H,1-3H2. The van der Waals surface area contributed by atoms with E-state index in [1.54, 1.807) is 21.3 Å². The van der Waals surface area contributed by atoms with Gasteiger partial charge in [0.15, 0.2) is 0 Å². The van der Waals surface area contributed by atoms with Crippen LogP contribution in [0.15, 0.2) is 25.3 Å². The fourth-order valence-corrected chi connectivity index (χ4v) is 1.90. The second kappa shape index (κ2) is 54.0. The molecule has 0 aromatic heterocycles. The van der Waals surface area contributed by atoms with E-state index >= 15 is 0 Å². The highest BCUT2D eigenvalue weighted by Crippen LogP contribution is 2.00. The van der Waals surface area contributed by atoms with Gasteiger partial charge in [0, 0.05) is 53.1 Å². The molecule has 0 rings (SSSR count). The van der Waals surface area contributed by atoms with Crippen molar-refractivity contribution in [1.82, 2.24) is 0 Å². The van der Waals surface area contributed by atoms with Crippen molar-refractivity contribution in [2.24, 2.45) is 5.73 Å². The number of esters is 2. The first-order valence-electron chi connectivity index (χ1n) is 14.2. The average molecular weight is 662 g/mol. The van der Waals surface area contributed by atoms with Gasteiger partial charge in [-0.2, -0.15) is 0 Å². The summed E-state index contributed by atoms with van der Waals surface area (Å²) in [6.07, 6.45) is 4.74. The summed E-state index contributed by atoms with van der Waals surface area (Å²) < 4.78 is 38.8. The topological polar surface area (TPSA) is 232 Å². The Bertz CT molecular complexity index is 602. The van der Waals surface area contributed by atoms with Crippen molar-refractivity contribution < 1.29 is 72.7 Å². The molecule has 0 heterocycles. The molecular weight excluding hydrogens is 602 g/mol. The number of hydrogen-bond donors (Lipinski definition) is 5. The fourth-order valence-electron chi connectivity index (χ4n) is 1.90. The molecule has 0 bridgehead atoms. The first-order valence-corrected chi connectivity index (χ1v) is 14.2. The molecule has 6 N–H and O–H groups in total. The number of ether oxygens (including phenoxy) is 8. The van der Waals surface area contributed by atoms with Crippen molar-refractivity contribution in [2.75, 3.05) is 120 Å². The molecule has 16 heteroatoms. The zero-order chi connectivity index (χ0) is 35.2. The molecular formula is C29H59NO15. The van der Waals surface area contributed by atoms with Gasteiger partial charge >= 0.3 is 17.9 Å². The van der Waals surface area contributed by atoms with Gasteiger partial charge in [0.2, 0.25) is 0 Å². The van der Waals surface area contributed by atoms with Crippen LogP contribution < -0.4 is 5.73 Å². The van der Waals surface area contributed by atoms with Gasteiger partial charge in [0.1, 0.15) is 13.2 Å². The molecule has 0 aliphatic heterocycles. The lowest BCUT2D eigenvalue weighted by Crippen LogP contribution is -2.12. The van der Waals surface area contributed by atoms with Crippen molar-refractivity contribution in [3.05, 3.63) is 25.3 Å². The number of unbranched alkanes of at least 4 members (excludes halogenated alkanes) is 2. The van der Waals surface area contributed by atoms with E-state index in [0.29, 0.717) is 79.0 Å². The average Bonchev–Trinajstić information content (AvgIpc) is 3.05. The van der Waals surface area contributed by atoms with Gasteiger partial charge in [0.25, 0.3) is 0 Å². The summed E-state index contributed by atoms with van der Waals surface area (Å²) in [4.78, 5) is 30.9. The SMILES string of the molecule is C=CC(=O)O.C=CC(=O)OCCOCCOC.COCCOCCO.COCCOCCOC(=O)CCCCCO.NCCO. The molecule has 0 unspecified atom stereocenters. The number of aliphatic hydroxyl groups is 3. The summed E-state index contributed by atoms with van der Waals surface area (Å²) in [6.45, 7) is 12.0. The van der Waals surface area contributed by atoms with Crippen LogP contribution in [0.4, 0.5) is 0 Å². The van der Waals surface area contributed by atoms with Crippen LogP contribution in [-0.4, -0.2) is 159 Å². The first kappa shape index (κ1) is 52.0. The number of carbonyl (C=O) groups excluding carboxylic acids is 2. The zero-order valence-electron chi connectivity index (χ0n) is 27.4. The van der Waals surface area contributed by atoms with Crippen molar-refractivity contribution in [3.8, 4) is 0 Å². The maximum atomic E-state index is 11.1. The number of hydrogen-bond acceptors (Lipinski definition) is 15. The van der Waals surface area contributed by atoms with E-state index in [0.717, 1.165) is 31.4 Å². The molecule has 16 nitrogen and oxygen atoms in total. The number of aliphatic hydroxyl groups excluding tert-OH is 3. The number of aliphatic carboxylic acids is 1. The van der Waals surface area contributed by atoms with E-state index in [1.807, 2.05) is 0 Å². The minimum Gasteiger partial charge on any atom is -0.478 e. The second-order valence-corrected chi connectivity index (χ2v) is 7.72. The quantitative estimate of drug-likeness (QED) is 0.0491. The fraction of sp³-hybridized carbons (Fsp3) is 0.759. The molecule has 0 saturated carbocycles. The van der Waals surface area contributed by atoms with E-state index in [9.17, 15) is 14.4 Å². The zero-order valence-corrected chi connectivity index (χ0v) is 27.4. The largest absolute Gasteiger partial charge is 0.478 e. The van der Waals surface area contributed by atoms with Gasteiger partial charge in [-0.3, -0.25) is 4.79 Å². The summed E-state index contributed by atoms with van der Waals surface area (Å²) in [5, 5.41) is 32.1. The third kappa shape index (κ3) is 74.4. The molecule has 0 aliphatic carbocycles. The smallest absolute Gasteiger partial charge is 0.330 e. The summed E-state index contributed by atoms with van der Waals surface area (Å²) in [7, 11) is 4.82. The molecule has 0 radical (unpaired) electrons. The van der Waals surface area contributed by atoms with Gasteiger partial charge in [-0.05, 0) is 12.8 Å². The monoisotopic (exact) mass is 661 g/mol. The lowest BCUT2D eigenvalue weighted by Gasteiger charge is -2.05. The maximum Gasteiger partial charge on any atom is 0.330 e. The van der Waals surface area contributed by atoms with E-state index in [-0.39, 0.29) is 32.4 Å². The molecule has 270 valence electrons. The Morgan fingerprint density at radius 3 is 1.38 bits per heavy atom. The van der Waals surface area contributed by atoms with Gasteiger partial charge in [0.05, 0.1) is 72.7 Å². The van der Waals surface area contributed by atoms with Gasteiger partial charge in [-0.25, -0.2) is 9.59 Å². The number of methoxy groups -OCH3 is 3. The highest BCUT2D eigenvalue weighted by atomic mass is 16.6. The van der Waals surface area contributed by atoms with E-state index in [1.165, 1.54) is 0 Å². The van der Waals surface area contributed by atoms with Crippen LogP contribution in [0.1, 0.15) is 25.7 Å². The number of carbonyl (C=O) groups is 3. The van der Waals surface area contributed by atoms with Crippen molar-refractivity contribution in [2.45, 2.75) is 25.7 Å². The lowest BCUT2D eigenvalue weighted by molar-refractivity contribution is -0.145. The predicted octanol–water partition coefficient (Wildman–Crippen LogP) is -0.0400. The van der Waals surface area contributed by atoms with E-state index in [2.05, 4.69) is 22.6 Å². The van der Waals surface area contributed by atoms with Crippen LogP contribution in [0.5, 0.6) is 0 Å². The van der Waals surface area contributed by atoms with Gasteiger partial charge in [-0.15, -0.1) is 0 Å². The molecule has 0 fully saturated rings. The molecule has 45 heavy (non-hydrogen) atoms. The molecule has 0 saturated heterocycles. The van der Waals surface area contributed by atoms with Crippen LogP contribution in [0.25, 0.3) is 0 Å². The molecule has 0 aliphatic rings. The van der Waals surface area contributed by atoms with Crippen molar-refractivity contribution in [1.29, 1.82) is 0 Å². The summed E-state index contributed by atoms with van der Waals surface area (Å²) in [6, 6.07) is 0. The number of carboxylic acid groups (broad SMARTS) is 1. The minimum atomic E-state index is -0.981. The summed E-state index contributed by atoms with van der Waals surface area (Å²) in [5.41, 5.74) is 4.78. The summed E-state index contributed by atoms with van der Waals surface area (Å²) in [5.74, 6) is -1.61. The maximum absolute atomic E-state index is 11.1. The summed E-state index contributed by atoms with van der Waals surface area (Å²) >= 11 is 0. The first-order chi connectivity index (χ1) is 21.7. The Balaban J connectivity index is -0.000000162. The third-order valence-electron chi connectivity index (χ3n) is 4.00. The Hall–Kier alpha value is -2.51. The number of carboxylic acids is 1. The number of rotatable bonds is 25. The molecule has 0 amide bonds. The predicted molar refractivity (Wildman–Crippen MR) is 167 cm³/mol. The normalized spacial score (nSPS) is 9.31. The van der Waals surface area contributed by atoms with Gasteiger partial charge in [-0.1, -0.05) is 19.6 Å². The molecule has 0 atom stereocenters. The Labute approximate surface area is 268 Å². The van der Waals surface area contributed by atoms with Crippen molar-refractivity contribution >= 4 is 17.9 Å². The molecule has 0 aromatic rings. The second-order valence-electron chi connectivity index (χ2n) is 7.72. The van der Waals surface area contributed by atoms with E-state index < -0.39 is 11.9 Å². The van der Waals surface area contributed by atoms with Crippen LogP contribution >= 0.6 is 0 Å². The van der Waals surface area contributed by atoms with Crippen LogP contribution in [-0.2, 0) is 52.3 Å². The Kier molecular flexibility index (Phi) is 62.5. The van der Waals surface area contributed by atoms with Gasteiger partial charge < -0.3 is 64.1 Å². The highest BCUT2D eigenvalue weighted by Gasteiger charge is 2.02. The third-order valence-corrected chi connectivity index (χ3v) is 4.00. The number of nitrogens with two attached hydrogens (primary N) is 1. The van der Waals surface area contributed by atoms with Crippen LogP contribution in [0.2, 0.25) is 0 Å². The lowest BCUT2D eigenvalue weighted by atomic mass is 10.2. The van der Waals surface area contributed by atoms with E-state index in [4.69, 9.17) is 54.6 Å². The van der Waals surface area contributed by atoms with Crippen LogP contribution in [0, 0.1) is 0 Å². The molecule has 0 spiro atoms. The Morgan fingerprint density at radius 1 is 0.600 bits per heavy atom.